The minimum atomic E-state index is -1.03. The molecule has 0 bridgehead atoms. The normalized spacial score (nSPS) is 12.2. The van der Waals surface area contributed by atoms with Gasteiger partial charge in [-0.3, -0.25) is 9.78 Å². The van der Waals surface area contributed by atoms with Crippen molar-refractivity contribution in [1.82, 2.24) is 4.98 Å². The largest absolute Gasteiger partial charge is 0.497 e. The molecule has 5 nitrogen and oxygen atoms in total. The van der Waals surface area contributed by atoms with Gasteiger partial charge in [0.05, 0.1) is 7.11 Å². The van der Waals surface area contributed by atoms with E-state index in [1.165, 1.54) is 0 Å². The predicted molar refractivity (Wildman–Crippen MR) is 54.8 cm³/mol. The Kier molecular flexibility index (Phi) is 3.62. The van der Waals surface area contributed by atoms with Crippen molar-refractivity contribution in [2.75, 3.05) is 7.11 Å². The summed E-state index contributed by atoms with van der Waals surface area (Å²) >= 11 is 0. The Morgan fingerprint density at radius 3 is 2.87 bits per heavy atom. The molecule has 0 radical (unpaired) electrons. The van der Waals surface area contributed by atoms with Crippen LogP contribution in [0, 0.1) is 6.92 Å². The molecule has 1 rings (SSSR count). The van der Waals surface area contributed by atoms with Gasteiger partial charge in [-0.2, -0.15) is 0 Å². The van der Waals surface area contributed by atoms with Gasteiger partial charge in [0.25, 0.3) is 0 Å². The first-order valence-corrected chi connectivity index (χ1v) is 4.53. The Balaban J connectivity index is 2.85. The van der Waals surface area contributed by atoms with E-state index in [9.17, 15) is 4.79 Å². The van der Waals surface area contributed by atoms with Crippen molar-refractivity contribution in [3.05, 3.63) is 23.5 Å². The number of pyridine rings is 1. The van der Waals surface area contributed by atoms with Crippen LogP contribution < -0.4 is 10.5 Å². The summed E-state index contributed by atoms with van der Waals surface area (Å²) in [5.74, 6) is -0.368. The standard InChI is InChI=1S/C10H14N2O3/c1-6-3-8(15-2)4-7(12-6)5-9(11)10(13)14/h3-4,9H,5,11H2,1-2H3,(H,13,14). The summed E-state index contributed by atoms with van der Waals surface area (Å²) in [5.41, 5.74) is 6.82. The fourth-order valence-electron chi connectivity index (χ4n) is 1.24. The fourth-order valence-corrected chi connectivity index (χ4v) is 1.24. The summed E-state index contributed by atoms with van der Waals surface area (Å²) in [6, 6.07) is 2.54. The van der Waals surface area contributed by atoms with E-state index in [4.69, 9.17) is 15.6 Å². The van der Waals surface area contributed by atoms with E-state index in [2.05, 4.69) is 4.98 Å². The van der Waals surface area contributed by atoms with Gasteiger partial charge in [0, 0.05) is 29.9 Å². The number of carboxylic acids is 1. The van der Waals surface area contributed by atoms with Gasteiger partial charge in [-0.1, -0.05) is 0 Å². The highest BCUT2D eigenvalue weighted by atomic mass is 16.5. The second-order valence-corrected chi connectivity index (χ2v) is 3.29. The number of rotatable bonds is 4. The van der Waals surface area contributed by atoms with E-state index < -0.39 is 12.0 Å². The van der Waals surface area contributed by atoms with Crippen LogP contribution in [0.25, 0.3) is 0 Å². The third-order valence-electron chi connectivity index (χ3n) is 1.96. The molecule has 15 heavy (non-hydrogen) atoms. The number of aliphatic carboxylic acids is 1. The van der Waals surface area contributed by atoms with Gasteiger partial charge < -0.3 is 15.6 Å². The number of nitrogens with two attached hydrogens (primary N) is 1. The molecule has 1 atom stereocenters. The zero-order valence-corrected chi connectivity index (χ0v) is 8.73. The summed E-state index contributed by atoms with van der Waals surface area (Å²) in [6.45, 7) is 1.82. The van der Waals surface area contributed by atoms with E-state index in [0.717, 1.165) is 5.69 Å². The molecule has 0 spiro atoms. The van der Waals surface area contributed by atoms with Crippen molar-refractivity contribution in [1.29, 1.82) is 0 Å². The Morgan fingerprint density at radius 2 is 2.33 bits per heavy atom. The lowest BCUT2D eigenvalue weighted by molar-refractivity contribution is -0.138. The molecule has 1 unspecified atom stereocenters. The van der Waals surface area contributed by atoms with E-state index in [1.807, 2.05) is 6.92 Å². The number of carbonyl (C=O) groups is 1. The topological polar surface area (TPSA) is 85.4 Å². The number of carboxylic acid groups (broad SMARTS) is 1. The smallest absolute Gasteiger partial charge is 0.320 e. The minimum absolute atomic E-state index is 0.202. The molecular formula is C10H14N2O3. The van der Waals surface area contributed by atoms with Gasteiger partial charge in [-0.15, -0.1) is 0 Å². The maximum atomic E-state index is 10.6. The Morgan fingerprint density at radius 1 is 1.67 bits per heavy atom. The highest BCUT2D eigenvalue weighted by Gasteiger charge is 2.13. The SMILES string of the molecule is COc1cc(C)nc(CC(N)C(=O)O)c1. The van der Waals surface area contributed by atoms with E-state index in [-0.39, 0.29) is 6.42 Å². The highest BCUT2D eigenvalue weighted by molar-refractivity contribution is 5.73. The van der Waals surface area contributed by atoms with Crippen LogP contribution in [0.2, 0.25) is 0 Å². The molecule has 82 valence electrons. The monoisotopic (exact) mass is 210 g/mol. The summed E-state index contributed by atoms with van der Waals surface area (Å²) < 4.78 is 5.05. The molecule has 0 amide bonds. The van der Waals surface area contributed by atoms with Crippen molar-refractivity contribution in [3.8, 4) is 5.75 Å². The van der Waals surface area contributed by atoms with Crippen LogP contribution in [0.1, 0.15) is 11.4 Å². The number of hydrogen-bond acceptors (Lipinski definition) is 4. The van der Waals surface area contributed by atoms with Crippen molar-refractivity contribution in [3.63, 3.8) is 0 Å². The molecule has 0 aliphatic carbocycles. The Hall–Kier alpha value is -1.62. The van der Waals surface area contributed by atoms with Crippen molar-refractivity contribution in [2.24, 2.45) is 5.73 Å². The molecule has 1 aromatic rings. The first kappa shape index (κ1) is 11.5. The zero-order valence-electron chi connectivity index (χ0n) is 8.73. The summed E-state index contributed by atoms with van der Waals surface area (Å²) in [7, 11) is 1.55. The number of ether oxygens (including phenoxy) is 1. The average Bonchev–Trinajstić information content (AvgIpc) is 2.16. The molecule has 0 saturated carbocycles. The lowest BCUT2D eigenvalue weighted by Gasteiger charge is -2.08. The molecule has 0 aromatic carbocycles. The van der Waals surface area contributed by atoms with Gasteiger partial charge >= 0.3 is 5.97 Å². The minimum Gasteiger partial charge on any atom is -0.497 e. The molecule has 0 saturated heterocycles. The van der Waals surface area contributed by atoms with Crippen LogP contribution in [0.5, 0.6) is 5.75 Å². The second kappa shape index (κ2) is 4.75. The number of hydrogen-bond donors (Lipinski definition) is 2. The van der Waals surface area contributed by atoms with Gasteiger partial charge in [0.1, 0.15) is 11.8 Å². The van der Waals surface area contributed by atoms with Gasteiger partial charge in [0.2, 0.25) is 0 Å². The molecule has 0 fully saturated rings. The van der Waals surface area contributed by atoms with Crippen LogP contribution in [0.4, 0.5) is 0 Å². The molecule has 0 aliphatic heterocycles. The predicted octanol–water partition coefficient (Wildman–Crippen LogP) is 0.353. The molecule has 5 heteroatoms. The summed E-state index contributed by atoms with van der Waals surface area (Å²) in [6.07, 6.45) is 0.202. The molecule has 0 aliphatic rings. The Labute approximate surface area is 87.9 Å². The van der Waals surface area contributed by atoms with Crippen LogP contribution in [0.15, 0.2) is 12.1 Å². The maximum Gasteiger partial charge on any atom is 0.320 e. The second-order valence-electron chi connectivity index (χ2n) is 3.29. The van der Waals surface area contributed by atoms with Crippen molar-refractivity contribution in [2.45, 2.75) is 19.4 Å². The quantitative estimate of drug-likeness (QED) is 0.749. The van der Waals surface area contributed by atoms with E-state index in [1.54, 1.807) is 19.2 Å². The molecule has 1 aromatic heterocycles. The lowest BCUT2D eigenvalue weighted by Crippen LogP contribution is -2.32. The third-order valence-corrected chi connectivity index (χ3v) is 1.96. The first-order chi connectivity index (χ1) is 7.02. The van der Waals surface area contributed by atoms with Gasteiger partial charge in [0.15, 0.2) is 0 Å². The first-order valence-electron chi connectivity index (χ1n) is 4.53. The van der Waals surface area contributed by atoms with E-state index in [0.29, 0.717) is 11.4 Å². The van der Waals surface area contributed by atoms with Crippen LogP contribution in [-0.4, -0.2) is 29.2 Å². The number of methoxy groups -OCH3 is 1. The molecule has 1 heterocycles. The lowest BCUT2D eigenvalue weighted by atomic mass is 10.1. The highest BCUT2D eigenvalue weighted by Crippen LogP contribution is 2.14. The zero-order chi connectivity index (χ0) is 11.4. The van der Waals surface area contributed by atoms with Gasteiger partial charge in [-0.25, -0.2) is 0 Å². The molecule has 3 N–H and O–H groups in total. The summed E-state index contributed by atoms with van der Waals surface area (Å²) in [5, 5.41) is 8.66. The number of nitrogens with zero attached hydrogens (tertiary/aromatic N) is 1. The van der Waals surface area contributed by atoms with Gasteiger partial charge in [-0.05, 0) is 6.92 Å². The van der Waals surface area contributed by atoms with Crippen LogP contribution in [0.3, 0.4) is 0 Å². The third kappa shape index (κ3) is 3.21. The van der Waals surface area contributed by atoms with Crippen molar-refractivity contribution >= 4 is 5.97 Å². The average molecular weight is 210 g/mol. The van der Waals surface area contributed by atoms with Crippen LogP contribution in [-0.2, 0) is 11.2 Å². The fraction of sp³-hybridized carbons (Fsp3) is 0.400. The van der Waals surface area contributed by atoms with Crippen LogP contribution >= 0.6 is 0 Å². The maximum absolute atomic E-state index is 10.6. The number of aromatic nitrogens is 1. The Bertz CT molecular complexity index is 366. The van der Waals surface area contributed by atoms with Crippen molar-refractivity contribution < 1.29 is 14.6 Å². The number of aryl methyl sites for hydroxylation is 1. The summed E-state index contributed by atoms with van der Waals surface area (Å²) in [4.78, 5) is 14.7. The van der Waals surface area contributed by atoms with E-state index >= 15 is 0 Å². The molecular weight excluding hydrogens is 196 g/mol.